The molecule has 0 saturated heterocycles. The van der Waals surface area contributed by atoms with Crippen molar-refractivity contribution in [3.05, 3.63) is 64.9 Å². The number of carbonyl (C=O) groups excluding carboxylic acids is 2. The molecule has 0 fully saturated rings. The van der Waals surface area contributed by atoms with Gasteiger partial charge in [0.1, 0.15) is 11.3 Å². The quantitative estimate of drug-likeness (QED) is 0.466. The maximum atomic E-state index is 12.5. The Bertz CT molecular complexity index is 982. The first-order valence-electron chi connectivity index (χ1n) is 8.85. The summed E-state index contributed by atoms with van der Waals surface area (Å²) in [7, 11) is 1.58. The summed E-state index contributed by atoms with van der Waals surface area (Å²) in [6, 6.07) is 12.6. The van der Waals surface area contributed by atoms with E-state index in [1.165, 1.54) is 0 Å². The van der Waals surface area contributed by atoms with E-state index in [-0.39, 0.29) is 11.5 Å². The van der Waals surface area contributed by atoms with Gasteiger partial charge in [0.15, 0.2) is 6.10 Å². The van der Waals surface area contributed by atoms with Crippen molar-refractivity contribution < 1.29 is 23.5 Å². The van der Waals surface area contributed by atoms with Crippen molar-refractivity contribution in [3.63, 3.8) is 0 Å². The largest absolute Gasteiger partial charge is 0.497 e. The molecule has 0 aliphatic heterocycles. The van der Waals surface area contributed by atoms with Gasteiger partial charge in [0.05, 0.1) is 7.11 Å². The Morgan fingerprint density at radius 3 is 2.44 bits per heavy atom. The summed E-state index contributed by atoms with van der Waals surface area (Å²) < 4.78 is 16.2. The van der Waals surface area contributed by atoms with E-state index in [1.54, 1.807) is 51.3 Å². The van der Waals surface area contributed by atoms with Gasteiger partial charge in [-0.25, -0.2) is 4.79 Å². The van der Waals surface area contributed by atoms with Gasteiger partial charge in [0.2, 0.25) is 11.5 Å². The predicted molar refractivity (Wildman–Crippen MR) is 103 cm³/mol. The highest BCUT2D eigenvalue weighted by Gasteiger charge is 2.25. The Morgan fingerprint density at radius 2 is 1.81 bits per heavy atom. The average molecular weight is 366 g/mol. The van der Waals surface area contributed by atoms with Crippen molar-refractivity contribution in [2.24, 2.45) is 0 Å². The van der Waals surface area contributed by atoms with Crippen LogP contribution in [0, 0.1) is 6.92 Å². The highest BCUT2D eigenvalue weighted by Crippen LogP contribution is 2.29. The van der Waals surface area contributed by atoms with Gasteiger partial charge in [0.25, 0.3) is 0 Å². The van der Waals surface area contributed by atoms with Crippen LogP contribution in [0.25, 0.3) is 11.0 Å². The number of hydrogen-bond donors (Lipinski definition) is 0. The summed E-state index contributed by atoms with van der Waals surface area (Å²) in [5.74, 6) is -0.139. The SMILES string of the molecule is CCc1ccc(C(=O)[C@@H](C)OC(=O)c2oc3ccc(OC)cc3c2C)cc1. The van der Waals surface area contributed by atoms with Gasteiger partial charge in [-0.2, -0.15) is 0 Å². The van der Waals surface area contributed by atoms with Crippen LogP contribution in [0.3, 0.4) is 0 Å². The van der Waals surface area contributed by atoms with Crippen LogP contribution in [0.4, 0.5) is 0 Å². The number of furan rings is 1. The third kappa shape index (κ3) is 3.72. The zero-order valence-corrected chi connectivity index (χ0v) is 15.9. The fourth-order valence-corrected chi connectivity index (χ4v) is 2.93. The molecule has 5 nitrogen and oxygen atoms in total. The van der Waals surface area contributed by atoms with E-state index in [0.717, 1.165) is 17.4 Å². The molecule has 0 bridgehead atoms. The fraction of sp³-hybridized carbons (Fsp3) is 0.273. The van der Waals surface area contributed by atoms with Gasteiger partial charge in [-0.1, -0.05) is 31.2 Å². The van der Waals surface area contributed by atoms with Gasteiger partial charge in [0, 0.05) is 16.5 Å². The number of methoxy groups -OCH3 is 1. The molecule has 3 rings (SSSR count). The highest BCUT2D eigenvalue weighted by atomic mass is 16.6. The molecule has 3 aromatic rings. The monoisotopic (exact) mass is 366 g/mol. The minimum atomic E-state index is -0.910. The van der Waals surface area contributed by atoms with Crippen molar-refractivity contribution in [2.45, 2.75) is 33.3 Å². The number of rotatable bonds is 6. The highest BCUT2D eigenvalue weighted by molar-refractivity contribution is 6.02. The van der Waals surface area contributed by atoms with Crippen molar-refractivity contribution in [2.75, 3.05) is 7.11 Å². The van der Waals surface area contributed by atoms with Crippen molar-refractivity contribution in [3.8, 4) is 5.75 Å². The second-order valence-electron chi connectivity index (χ2n) is 6.38. The van der Waals surface area contributed by atoms with Crippen LogP contribution < -0.4 is 4.74 Å². The van der Waals surface area contributed by atoms with Crippen molar-refractivity contribution in [1.29, 1.82) is 0 Å². The first kappa shape index (κ1) is 18.7. The molecule has 0 unspecified atom stereocenters. The number of benzene rings is 2. The first-order valence-corrected chi connectivity index (χ1v) is 8.85. The maximum Gasteiger partial charge on any atom is 0.375 e. The third-order valence-electron chi connectivity index (χ3n) is 4.63. The molecule has 1 atom stereocenters. The van der Waals surface area contributed by atoms with E-state index >= 15 is 0 Å². The van der Waals surface area contributed by atoms with Crippen LogP contribution in [-0.4, -0.2) is 25.0 Å². The topological polar surface area (TPSA) is 65.7 Å². The zero-order valence-electron chi connectivity index (χ0n) is 15.9. The lowest BCUT2D eigenvalue weighted by atomic mass is 10.0. The number of ketones is 1. The fourth-order valence-electron chi connectivity index (χ4n) is 2.93. The van der Waals surface area contributed by atoms with Gasteiger partial charge < -0.3 is 13.9 Å². The molecule has 1 aromatic heterocycles. The molecule has 0 amide bonds. The standard InChI is InChI=1S/C22H22O5/c1-5-15-6-8-16(9-7-15)20(23)14(3)26-22(24)21-13(2)18-12-17(25-4)10-11-19(18)27-21/h6-12,14H,5H2,1-4H3/t14-/m1/s1. The second kappa shape index (κ2) is 7.66. The van der Waals surface area contributed by atoms with E-state index < -0.39 is 12.1 Å². The van der Waals surface area contributed by atoms with Crippen LogP contribution >= 0.6 is 0 Å². The van der Waals surface area contributed by atoms with Crippen LogP contribution in [-0.2, 0) is 11.2 Å². The van der Waals surface area contributed by atoms with Gasteiger partial charge in [-0.15, -0.1) is 0 Å². The van der Waals surface area contributed by atoms with E-state index in [4.69, 9.17) is 13.9 Å². The lowest BCUT2D eigenvalue weighted by Gasteiger charge is -2.12. The third-order valence-corrected chi connectivity index (χ3v) is 4.63. The molecule has 0 aliphatic rings. The molecule has 140 valence electrons. The minimum absolute atomic E-state index is 0.0965. The molecular formula is C22H22O5. The van der Waals surface area contributed by atoms with Crippen LogP contribution in [0.1, 0.15) is 45.9 Å². The van der Waals surface area contributed by atoms with E-state index in [9.17, 15) is 9.59 Å². The second-order valence-corrected chi connectivity index (χ2v) is 6.38. The minimum Gasteiger partial charge on any atom is -0.497 e. The maximum absolute atomic E-state index is 12.5. The summed E-state index contributed by atoms with van der Waals surface area (Å²) in [6.45, 7) is 5.39. The lowest BCUT2D eigenvalue weighted by molar-refractivity contribution is 0.0290. The van der Waals surface area contributed by atoms with Crippen LogP contribution in [0.5, 0.6) is 5.75 Å². The van der Waals surface area contributed by atoms with Gasteiger partial charge in [-0.3, -0.25) is 4.79 Å². The normalized spacial score (nSPS) is 12.0. The van der Waals surface area contributed by atoms with Crippen LogP contribution in [0.15, 0.2) is 46.9 Å². The van der Waals surface area contributed by atoms with E-state index in [0.29, 0.717) is 22.5 Å². The molecule has 0 radical (unpaired) electrons. The first-order chi connectivity index (χ1) is 12.9. The Balaban J connectivity index is 1.78. The molecule has 5 heteroatoms. The number of carbonyl (C=O) groups is 2. The summed E-state index contributed by atoms with van der Waals surface area (Å²) in [6.07, 6.45) is -0.0121. The summed E-state index contributed by atoms with van der Waals surface area (Å²) in [5, 5.41) is 0.774. The van der Waals surface area contributed by atoms with Crippen molar-refractivity contribution in [1.82, 2.24) is 0 Å². The van der Waals surface area contributed by atoms with Gasteiger partial charge in [-0.05, 0) is 44.0 Å². The summed E-state index contributed by atoms with van der Waals surface area (Å²) in [5.41, 5.74) is 2.87. The molecule has 1 heterocycles. The molecule has 0 spiro atoms. The number of fused-ring (bicyclic) bond motifs is 1. The summed E-state index contributed by atoms with van der Waals surface area (Å²) in [4.78, 5) is 25.1. The smallest absolute Gasteiger partial charge is 0.375 e. The Kier molecular flexibility index (Phi) is 5.31. The zero-order chi connectivity index (χ0) is 19.6. The average Bonchev–Trinajstić information content (AvgIpc) is 3.03. The van der Waals surface area contributed by atoms with Crippen molar-refractivity contribution >= 4 is 22.7 Å². The molecule has 27 heavy (non-hydrogen) atoms. The lowest BCUT2D eigenvalue weighted by Crippen LogP contribution is -2.24. The van der Waals surface area contributed by atoms with Crippen LogP contribution in [0.2, 0.25) is 0 Å². The molecule has 0 saturated carbocycles. The van der Waals surface area contributed by atoms with Gasteiger partial charge >= 0.3 is 5.97 Å². The predicted octanol–water partition coefficient (Wildman–Crippen LogP) is 4.74. The Morgan fingerprint density at radius 1 is 1.11 bits per heavy atom. The number of aryl methyl sites for hydroxylation is 2. The molecule has 0 N–H and O–H groups in total. The summed E-state index contributed by atoms with van der Waals surface area (Å²) >= 11 is 0. The van der Waals surface area contributed by atoms with E-state index in [1.807, 2.05) is 19.1 Å². The molecule has 2 aromatic carbocycles. The Labute approximate surface area is 157 Å². The Hall–Kier alpha value is -3.08. The molecular weight excluding hydrogens is 344 g/mol. The van der Waals surface area contributed by atoms with E-state index in [2.05, 4.69) is 0 Å². The number of hydrogen-bond acceptors (Lipinski definition) is 5. The number of ether oxygens (including phenoxy) is 2. The molecule has 0 aliphatic carbocycles. The number of esters is 1. The number of Topliss-reactive ketones (excluding diaryl/α,β-unsaturated/α-hetero) is 1.